The molecule has 2 rings (SSSR count). The number of ether oxygens (including phenoxy) is 1. The molecule has 1 aliphatic heterocycles. The average molecular weight is 362 g/mol. The van der Waals surface area contributed by atoms with E-state index < -0.39 is 23.7 Å². The lowest BCUT2D eigenvalue weighted by Crippen LogP contribution is -2.39. The van der Waals surface area contributed by atoms with E-state index in [1.54, 1.807) is 24.3 Å². The molecule has 1 aromatic rings. The number of nitriles is 2. The van der Waals surface area contributed by atoms with Crippen LogP contribution in [0.15, 0.2) is 34.9 Å². The molecule has 1 N–H and O–H groups in total. The van der Waals surface area contributed by atoms with Crippen LogP contribution in [0, 0.1) is 28.6 Å². The molecule has 1 amide bonds. The van der Waals surface area contributed by atoms with Crippen molar-refractivity contribution in [3.05, 3.63) is 45.5 Å². The Hall–Kier alpha value is -2.48. The van der Waals surface area contributed by atoms with Crippen molar-refractivity contribution in [2.75, 3.05) is 12.9 Å². The number of esters is 1. The molecular weight excluding hydrogens is 350 g/mol. The number of hydrogen-bond acceptors (Lipinski definition) is 6. The molecule has 0 aliphatic carbocycles. The zero-order valence-corrected chi connectivity index (χ0v) is 14.1. The summed E-state index contributed by atoms with van der Waals surface area (Å²) in [6.45, 7) is 0. The molecule has 0 aromatic heterocycles. The van der Waals surface area contributed by atoms with Crippen molar-refractivity contribution in [3.63, 3.8) is 0 Å². The SMILES string of the molecule is COC(=O)CSC1=C(C#N)[C@@H](c2ccccc2Cl)[C@H](C#N)C(=O)N1. The highest BCUT2D eigenvalue weighted by molar-refractivity contribution is 8.03. The Labute approximate surface area is 148 Å². The number of benzene rings is 1. The predicted molar refractivity (Wildman–Crippen MR) is 88.6 cm³/mol. The van der Waals surface area contributed by atoms with Crippen LogP contribution >= 0.6 is 23.4 Å². The van der Waals surface area contributed by atoms with E-state index in [0.717, 1.165) is 11.8 Å². The van der Waals surface area contributed by atoms with Gasteiger partial charge in [0.25, 0.3) is 0 Å². The zero-order chi connectivity index (χ0) is 17.7. The highest BCUT2D eigenvalue weighted by Crippen LogP contribution is 2.41. The van der Waals surface area contributed by atoms with Crippen LogP contribution in [-0.2, 0) is 14.3 Å². The lowest BCUT2D eigenvalue weighted by atomic mass is 9.79. The molecule has 122 valence electrons. The summed E-state index contributed by atoms with van der Waals surface area (Å²) in [5, 5.41) is 22.1. The maximum absolute atomic E-state index is 12.3. The second kappa shape index (κ2) is 7.87. The van der Waals surface area contributed by atoms with Gasteiger partial charge in [-0.1, -0.05) is 41.6 Å². The van der Waals surface area contributed by atoms with Gasteiger partial charge in [0.05, 0.1) is 35.6 Å². The molecule has 0 saturated heterocycles. The minimum absolute atomic E-state index is 0.0657. The van der Waals surface area contributed by atoms with Crippen LogP contribution in [0.5, 0.6) is 0 Å². The Balaban J connectivity index is 2.52. The summed E-state index contributed by atoms with van der Waals surface area (Å²) in [4.78, 5) is 23.6. The lowest BCUT2D eigenvalue weighted by Gasteiger charge is -2.29. The Morgan fingerprint density at radius 2 is 2.12 bits per heavy atom. The topological polar surface area (TPSA) is 103 Å². The number of rotatable bonds is 4. The van der Waals surface area contributed by atoms with E-state index in [-0.39, 0.29) is 16.4 Å². The fourth-order valence-electron chi connectivity index (χ4n) is 2.34. The highest BCUT2D eigenvalue weighted by atomic mass is 35.5. The van der Waals surface area contributed by atoms with E-state index in [4.69, 9.17) is 11.6 Å². The number of nitrogens with zero attached hydrogens (tertiary/aromatic N) is 2. The quantitative estimate of drug-likeness (QED) is 0.825. The third kappa shape index (κ3) is 3.53. The van der Waals surface area contributed by atoms with Gasteiger partial charge in [0.15, 0.2) is 0 Å². The molecule has 1 heterocycles. The van der Waals surface area contributed by atoms with Crippen LogP contribution in [-0.4, -0.2) is 24.7 Å². The number of methoxy groups -OCH3 is 1. The van der Waals surface area contributed by atoms with Gasteiger partial charge in [-0.2, -0.15) is 10.5 Å². The van der Waals surface area contributed by atoms with Crippen molar-refractivity contribution in [3.8, 4) is 12.1 Å². The molecule has 24 heavy (non-hydrogen) atoms. The van der Waals surface area contributed by atoms with Crippen molar-refractivity contribution >= 4 is 35.2 Å². The Kier molecular flexibility index (Phi) is 5.86. The van der Waals surface area contributed by atoms with Crippen LogP contribution in [0.3, 0.4) is 0 Å². The van der Waals surface area contributed by atoms with E-state index in [0.29, 0.717) is 10.6 Å². The molecule has 8 heteroatoms. The Bertz CT molecular complexity index is 794. The molecule has 0 saturated carbocycles. The molecule has 0 unspecified atom stereocenters. The van der Waals surface area contributed by atoms with Gasteiger partial charge in [0, 0.05) is 10.9 Å². The van der Waals surface area contributed by atoms with Gasteiger partial charge >= 0.3 is 5.97 Å². The summed E-state index contributed by atoms with van der Waals surface area (Å²) >= 11 is 7.17. The van der Waals surface area contributed by atoms with Crippen molar-refractivity contribution in [2.45, 2.75) is 5.92 Å². The van der Waals surface area contributed by atoms with Gasteiger partial charge in [-0.25, -0.2) is 0 Å². The van der Waals surface area contributed by atoms with E-state index >= 15 is 0 Å². The fourth-order valence-corrected chi connectivity index (χ4v) is 3.47. The lowest BCUT2D eigenvalue weighted by molar-refractivity contribution is -0.137. The van der Waals surface area contributed by atoms with Crippen LogP contribution in [0.1, 0.15) is 11.5 Å². The molecule has 0 fully saturated rings. The summed E-state index contributed by atoms with van der Waals surface area (Å²) in [6, 6.07) is 10.7. The van der Waals surface area contributed by atoms with Crippen LogP contribution in [0.4, 0.5) is 0 Å². The number of amides is 1. The smallest absolute Gasteiger partial charge is 0.316 e. The Morgan fingerprint density at radius 1 is 1.42 bits per heavy atom. The van der Waals surface area contributed by atoms with Gasteiger partial charge in [-0.05, 0) is 11.6 Å². The number of allylic oxidation sites excluding steroid dienone is 1. The van der Waals surface area contributed by atoms with E-state index in [1.165, 1.54) is 7.11 Å². The second-order valence-electron chi connectivity index (χ2n) is 4.81. The van der Waals surface area contributed by atoms with Gasteiger partial charge in [0.2, 0.25) is 5.91 Å². The molecular formula is C16H12ClN3O3S. The molecule has 0 radical (unpaired) electrons. The normalized spacial score (nSPS) is 19.9. The molecule has 1 aromatic carbocycles. The van der Waals surface area contributed by atoms with Crippen molar-refractivity contribution < 1.29 is 14.3 Å². The zero-order valence-electron chi connectivity index (χ0n) is 12.6. The van der Waals surface area contributed by atoms with Crippen LogP contribution < -0.4 is 5.32 Å². The molecule has 2 atom stereocenters. The summed E-state index contributed by atoms with van der Waals surface area (Å²) in [7, 11) is 1.25. The first-order valence-electron chi connectivity index (χ1n) is 6.82. The highest BCUT2D eigenvalue weighted by Gasteiger charge is 2.40. The van der Waals surface area contributed by atoms with E-state index in [1.807, 2.05) is 12.1 Å². The predicted octanol–water partition coefficient (Wildman–Crippen LogP) is 2.33. The van der Waals surface area contributed by atoms with Crippen molar-refractivity contribution in [1.82, 2.24) is 5.32 Å². The molecule has 0 spiro atoms. The largest absolute Gasteiger partial charge is 0.468 e. The van der Waals surface area contributed by atoms with Gasteiger partial charge in [-0.15, -0.1) is 0 Å². The fraction of sp³-hybridized carbons (Fsp3) is 0.250. The molecule has 6 nitrogen and oxygen atoms in total. The van der Waals surface area contributed by atoms with Gasteiger partial charge < -0.3 is 10.1 Å². The minimum atomic E-state index is -1.08. The molecule has 1 aliphatic rings. The summed E-state index contributed by atoms with van der Waals surface area (Å²) in [5.74, 6) is -2.96. The standard InChI is InChI=1S/C16H12ClN3O3S/c1-23-13(21)8-24-16-11(7-19)14(10(6-18)15(22)20-16)9-4-2-3-5-12(9)17/h2-5,10,14H,8H2,1H3,(H,20,22)/t10-,14-/m0/s1. The van der Waals surface area contributed by atoms with Crippen molar-refractivity contribution in [2.24, 2.45) is 5.92 Å². The summed E-state index contributed by atoms with van der Waals surface area (Å²) < 4.78 is 4.56. The first kappa shape index (κ1) is 17.9. The number of thioether (sulfide) groups is 1. The van der Waals surface area contributed by atoms with Crippen LogP contribution in [0.2, 0.25) is 5.02 Å². The third-order valence-electron chi connectivity index (χ3n) is 3.47. The second-order valence-corrected chi connectivity index (χ2v) is 6.21. The van der Waals surface area contributed by atoms with E-state index in [2.05, 4.69) is 10.1 Å². The maximum atomic E-state index is 12.3. The van der Waals surface area contributed by atoms with E-state index in [9.17, 15) is 20.1 Å². The number of nitrogens with one attached hydrogen (secondary N) is 1. The number of carbonyl (C=O) groups excluding carboxylic acids is 2. The molecule has 0 bridgehead atoms. The van der Waals surface area contributed by atoms with Crippen LogP contribution in [0.25, 0.3) is 0 Å². The third-order valence-corrected chi connectivity index (χ3v) is 4.80. The number of carbonyl (C=O) groups is 2. The first-order chi connectivity index (χ1) is 11.5. The summed E-state index contributed by atoms with van der Waals surface area (Å²) in [5.41, 5.74) is 0.719. The summed E-state index contributed by atoms with van der Waals surface area (Å²) in [6.07, 6.45) is 0. The van der Waals surface area contributed by atoms with Gasteiger partial charge in [0.1, 0.15) is 5.92 Å². The first-order valence-corrected chi connectivity index (χ1v) is 8.18. The monoisotopic (exact) mass is 361 g/mol. The average Bonchev–Trinajstić information content (AvgIpc) is 2.59. The number of halogens is 1. The maximum Gasteiger partial charge on any atom is 0.316 e. The van der Waals surface area contributed by atoms with Crippen molar-refractivity contribution in [1.29, 1.82) is 10.5 Å². The number of hydrogen-bond donors (Lipinski definition) is 1. The van der Waals surface area contributed by atoms with Gasteiger partial charge in [-0.3, -0.25) is 9.59 Å². The Morgan fingerprint density at radius 3 is 2.71 bits per heavy atom. The minimum Gasteiger partial charge on any atom is -0.468 e.